The highest BCUT2D eigenvalue weighted by molar-refractivity contribution is 5.72. The third-order valence-electron chi connectivity index (χ3n) is 9.63. The van der Waals surface area contributed by atoms with Gasteiger partial charge in [0, 0.05) is 37.4 Å². The maximum Gasteiger partial charge on any atom is 0.415 e. The number of phenols is 1. The number of carbonyl (C=O) groups is 1. The van der Waals surface area contributed by atoms with Crippen molar-refractivity contribution in [2.24, 2.45) is 0 Å². The lowest BCUT2D eigenvalue weighted by Crippen LogP contribution is -2.57. The molecular weight excluding hydrogens is 532 g/mol. The smallest absolute Gasteiger partial charge is 0.415 e. The Morgan fingerprint density at radius 3 is 2.50 bits per heavy atom. The number of amides is 1. The molecule has 0 bridgehead atoms. The Morgan fingerprint density at radius 2 is 1.67 bits per heavy atom. The van der Waals surface area contributed by atoms with Gasteiger partial charge in [0.15, 0.2) is 0 Å². The van der Waals surface area contributed by atoms with Gasteiger partial charge in [-0.3, -0.25) is 0 Å². The molecule has 2 fully saturated rings. The number of hydrogen-bond acceptors (Lipinski definition) is 7. The van der Waals surface area contributed by atoms with Crippen LogP contribution in [0.3, 0.4) is 0 Å². The molecule has 0 aromatic heterocycles. The predicted molar refractivity (Wildman–Crippen MR) is 157 cm³/mol. The summed E-state index contributed by atoms with van der Waals surface area (Å²) in [4.78, 5) is 15.7. The average molecular weight is 571 g/mol. The first kappa shape index (κ1) is 27.1. The van der Waals surface area contributed by atoms with Crippen LogP contribution in [0.15, 0.2) is 66.7 Å². The highest BCUT2D eigenvalue weighted by atomic mass is 16.6. The fraction of sp³-hybridized carbons (Fsp3) is 0.441. The fourth-order valence-electron chi connectivity index (χ4n) is 7.43. The van der Waals surface area contributed by atoms with E-state index in [-0.39, 0.29) is 23.5 Å². The first-order chi connectivity index (χ1) is 20.4. The van der Waals surface area contributed by atoms with Gasteiger partial charge in [-0.05, 0) is 75.0 Å². The van der Waals surface area contributed by atoms with Crippen LogP contribution < -0.4 is 19.5 Å². The van der Waals surface area contributed by atoms with Crippen molar-refractivity contribution in [2.45, 2.75) is 74.7 Å². The number of piperidine rings is 2. The molecule has 0 aliphatic carbocycles. The fourth-order valence-corrected chi connectivity index (χ4v) is 7.43. The molecule has 3 unspecified atom stereocenters. The molecule has 220 valence electrons. The van der Waals surface area contributed by atoms with Gasteiger partial charge < -0.3 is 34.6 Å². The van der Waals surface area contributed by atoms with Gasteiger partial charge in [-0.2, -0.15) is 0 Å². The number of aliphatic hydroxyl groups is 1. The molecule has 7 rings (SSSR count). The van der Waals surface area contributed by atoms with Crippen molar-refractivity contribution in [2.75, 3.05) is 19.6 Å². The number of aliphatic hydroxyl groups excluding tert-OH is 1. The van der Waals surface area contributed by atoms with Crippen molar-refractivity contribution in [1.82, 2.24) is 10.2 Å². The summed E-state index contributed by atoms with van der Waals surface area (Å²) < 4.78 is 19.2. The average Bonchev–Trinajstić information content (AvgIpc) is 2.98. The Morgan fingerprint density at radius 1 is 0.905 bits per heavy atom. The lowest BCUT2D eigenvalue weighted by atomic mass is 9.77. The summed E-state index contributed by atoms with van der Waals surface area (Å²) >= 11 is 0. The zero-order chi connectivity index (χ0) is 28.7. The van der Waals surface area contributed by atoms with Gasteiger partial charge in [0.2, 0.25) is 0 Å². The number of nitrogens with zero attached hydrogens (tertiary/aromatic N) is 1. The molecular formula is C34H38N2O6. The molecule has 8 nitrogen and oxygen atoms in total. The van der Waals surface area contributed by atoms with E-state index in [0.29, 0.717) is 49.3 Å². The molecule has 4 aliphatic heterocycles. The minimum atomic E-state index is -0.843. The summed E-state index contributed by atoms with van der Waals surface area (Å²) in [6.45, 7) is 2.34. The zero-order valence-corrected chi connectivity index (χ0v) is 23.8. The molecule has 8 heteroatoms. The summed E-state index contributed by atoms with van der Waals surface area (Å²) in [6, 6.07) is 20.8. The van der Waals surface area contributed by atoms with E-state index in [2.05, 4.69) is 17.4 Å². The van der Waals surface area contributed by atoms with Crippen LogP contribution in [0.4, 0.5) is 4.79 Å². The topological polar surface area (TPSA) is 100 Å². The van der Waals surface area contributed by atoms with Gasteiger partial charge in [-0.1, -0.05) is 42.5 Å². The summed E-state index contributed by atoms with van der Waals surface area (Å²) in [6.07, 6.45) is 4.54. The van der Waals surface area contributed by atoms with Crippen molar-refractivity contribution in [3.63, 3.8) is 0 Å². The maximum absolute atomic E-state index is 13.9. The SMILES string of the molecule is O=C(Oc1cccc2c1CCC1(CCNCC1)O2)N1CCC2(CC(O)c3c(O)cccc3O2)CC1Cc1ccccc1. The molecule has 1 amide bonds. The Bertz CT molecular complexity index is 1460. The Balaban J connectivity index is 1.13. The van der Waals surface area contributed by atoms with Crippen LogP contribution in [0.1, 0.15) is 61.3 Å². The van der Waals surface area contributed by atoms with E-state index in [9.17, 15) is 15.0 Å². The largest absolute Gasteiger partial charge is 0.507 e. The van der Waals surface area contributed by atoms with Crippen LogP contribution in [0.5, 0.6) is 23.0 Å². The molecule has 42 heavy (non-hydrogen) atoms. The number of benzene rings is 3. The number of hydrogen-bond donors (Lipinski definition) is 3. The maximum atomic E-state index is 13.9. The number of phenolic OH excluding ortho intramolecular Hbond substituents is 1. The molecule has 0 radical (unpaired) electrons. The van der Waals surface area contributed by atoms with Crippen molar-refractivity contribution in [1.29, 1.82) is 0 Å². The van der Waals surface area contributed by atoms with Crippen molar-refractivity contribution < 1.29 is 29.2 Å². The van der Waals surface area contributed by atoms with Gasteiger partial charge in [0.1, 0.15) is 34.2 Å². The lowest BCUT2D eigenvalue weighted by molar-refractivity contribution is -0.0666. The Kier molecular flexibility index (Phi) is 6.98. The van der Waals surface area contributed by atoms with Crippen molar-refractivity contribution >= 4 is 6.09 Å². The number of likely N-dealkylation sites (tertiary alicyclic amines) is 1. The van der Waals surface area contributed by atoms with Crippen LogP contribution >= 0.6 is 0 Å². The molecule has 3 aromatic carbocycles. The molecule has 0 saturated carbocycles. The third-order valence-corrected chi connectivity index (χ3v) is 9.63. The second kappa shape index (κ2) is 10.8. The van der Waals surface area contributed by atoms with Crippen LogP contribution in [0.2, 0.25) is 0 Å². The highest BCUT2D eigenvalue weighted by Gasteiger charge is 2.48. The standard InChI is InChI=1S/C34H38N2O6/c37-26-8-4-11-30-31(26)27(38)22-34(42-30)16-19-36(24(21-34)20-23-6-2-1-3-7-23)32(39)40-28-9-5-10-29-25(28)12-13-33(41-29)14-17-35-18-15-33/h1-11,24,27,35,37-38H,12-22H2. The van der Waals surface area contributed by atoms with E-state index in [0.717, 1.165) is 55.6 Å². The number of rotatable bonds is 3. The summed E-state index contributed by atoms with van der Waals surface area (Å²) in [5.74, 6) is 1.93. The number of carbonyl (C=O) groups excluding carboxylic acids is 1. The Labute approximate surface area is 246 Å². The van der Waals surface area contributed by atoms with E-state index < -0.39 is 11.7 Å². The second-order valence-electron chi connectivity index (χ2n) is 12.3. The number of fused-ring (bicyclic) bond motifs is 2. The van der Waals surface area contributed by atoms with E-state index in [1.165, 1.54) is 0 Å². The lowest BCUT2D eigenvalue weighted by Gasteiger charge is -2.49. The highest BCUT2D eigenvalue weighted by Crippen LogP contribution is 2.49. The summed E-state index contributed by atoms with van der Waals surface area (Å²) in [5, 5.41) is 24.8. The second-order valence-corrected chi connectivity index (χ2v) is 12.3. The van der Waals surface area contributed by atoms with Crippen LogP contribution in [0, 0.1) is 0 Å². The molecule has 4 aliphatic rings. The van der Waals surface area contributed by atoms with Gasteiger partial charge >= 0.3 is 6.09 Å². The molecule has 2 saturated heterocycles. The molecule has 3 N–H and O–H groups in total. The number of ether oxygens (including phenoxy) is 3. The van der Waals surface area contributed by atoms with Crippen molar-refractivity contribution in [3.05, 3.63) is 83.4 Å². The predicted octanol–water partition coefficient (Wildman–Crippen LogP) is 5.30. The third kappa shape index (κ3) is 5.07. The molecule has 4 heterocycles. The van der Waals surface area contributed by atoms with Gasteiger partial charge in [0.05, 0.1) is 11.7 Å². The van der Waals surface area contributed by atoms with Crippen LogP contribution in [-0.4, -0.2) is 58.1 Å². The minimum Gasteiger partial charge on any atom is -0.507 e. The molecule has 2 spiro atoms. The normalized spacial score (nSPS) is 26.1. The first-order valence-corrected chi connectivity index (χ1v) is 15.2. The number of nitrogens with one attached hydrogen (secondary N) is 1. The van der Waals surface area contributed by atoms with Crippen LogP contribution in [-0.2, 0) is 12.8 Å². The van der Waals surface area contributed by atoms with Crippen molar-refractivity contribution in [3.8, 4) is 23.0 Å². The first-order valence-electron chi connectivity index (χ1n) is 15.2. The van der Waals surface area contributed by atoms with Gasteiger partial charge in [-0.15, -0.1) is 0 Å². The Hall–Kier alpha value is -3.75. The monoisotopic (exact) mass is 570 g/mol. The summed E-state index contributed by atoms with van der Waals surface area (Å²) in [5.41, 5.74) is 1.72. The quantitative estimate of drug-likeness (QED) is 0.393. The summed E-state index contributed by atoms with van der Waals surface area (Å²) in [7, 11) is 0. The van der Waals surface area contributed by atoms with Gasteiger partial charge in [0.25, 0.3) is 0 Å². The van der Waals surface area contributed by atoms with Gasteiger partial charge in [-0.25, -0.2) is 4.79 Å². The van der Waals surface area contributed by atoms with E-state index in [4.69, 9.17) is 14.2 Å². The number of aromatic hydroxyl groups is 1. The van der Waals surface area contributed by atoms with E-state index >= 15 is 0 Å². The molecule has 3 aromatic rings. The zero-order valence-electron chi connectivity index (χ0n) is 23.8. The van der Waals surface area contributed by atoms with E-state index in [1.807, 2.05) is 41.3 Å². The van der Waals surface area contributed by atoms with Crippen LogP contribution in [0.25, 0.3) is 0 Å². The molecule has 3 atom stereocenters. The van der Waals surface area contributed by atoms with E-state index in [1.54, 1.807) is 18.2 Å². The minimum absolute atomic E-state index is 0.0398.